The second kappa shape index (κ2) is 4.90. The molecule has 1 fully saturated rings. The van der Waals surface area contributed by atoms with Gasteiger partial charge in [0.2, 0.25) is 10.0 Å². The standard InChI is InChI=1S/C15H20N2O2S/c1-10-2-5-14(20(16,18)19)8-15(10)17-9-13-7-11-3-4-12(13)6-11/h2-5,8,11-13,17H,6-7,9H2,1H3,(H2,16,18,19). The molecule has 3 atom stereocenters. The summed E-state index contributed by atoms with van der Waals surface area (Å²) in [5, 5.41) is 8.58. The second-order valence-electron chi connectivity index (χ2n) is 5.94. The van der Waals surface area contributed by atoms with Crippen molar-refractivity contribution >= 4 is 15.7 Å². The van der Waals surface area contributed by atoms with Crippen LogP contribution in [0.25, 0.3) is 0 Å². The van der Waals surface area contributed by atoms with Crippen LogP contribution < -0.4 is 10.5 Å². The number of allylic oxidation sites excluding steroid dienone is 2. The summed E-state index contributed by atoms with van der Waals surface area (Å²) < 4.78 is 22.8. The van der Waals surface area contributed by atoms with Crippen LogP contribution in [0.2, 0.25) is 0 Å². The van der Waals surface area contributed by atoms with Gasteiger partial charge in [-0.05, 0) is 55.2 Å². The number of hydrogen-bond donors (Lipinski definition) is 2. The van der Waals surface area contributed by atoms with Crippen LogP contribution in [-0.2, 0) is 10.0 Å². The van der Waals surface area contributed by atoms with Crippen molar-refractivity contribution in [1.29, 1.82) is 0 Å². The van der Waals surface area contributed by atoms with Gasteiger partial charge in [0, 0.05) is 12.2 Å². The molecule has 0 heterocycles. The number of anilines is 1. The Morgan fingerprint density at radius 2 is 2.10 bits per heavy atom. The van der Waals surface area contributed by atoms with Gasteiger partial charge in [-0.3, -0.25) is 0 Å². The Kier molecular flexibility index (Phi) is 3.34. The average molecular weight is 292 g/mol. The highest BCUT2D eigenvalue weighted by Crippen LogP contribution is 2.43. The zero-order chi connectivity index (χ0) is 14.3. The normalized spacial score (nSPS) is 28.0. The highest BCUT2D eigenvalue weighted by Gasteiger charge is 2.35. The Bertz CT molecular complexity index is 652. The maximum atomic E-state index is 11.4. The van der Waals surface area contributed by atoms with Crippen molar-refractivity contribution in [3.63, 3.8) is 0 Å². The van der Waals surface area contributed by atoms with Crippen molar-refractivity contribution in [1.82, 2.24) is 0 Å². The SMILES string of the molecule is Cc1ccc(S(N)(=O)=O)cc1NCC1CC2C=CC1C2. The molecule has 2 aliphatic carbocycles. The molecule has 5 heteroatoms. The maximum absolute atomic E-state index is 11.4. The summed E-state index contributed by atoms with van der Waals surface area (Å²) in [6.07, 6.45) is 7.17. The van der Waals surface area contributed by atoms with Crippen LogP contribution in [0.15, 0.2) is 35.2 Å². The van der Waals surface area contributed by atoms with Crippen molar-refractivity contribution in [2.75, 3.05) is 11.9 Å². The van der Waals surface area contributed by atoms with Gasteiger partial charge in [0.25, 0.3) is 0 Å². The fourth-order valence-corrected chi connectivity index (χ4v) is 3.88. The monoisotopic (exact) mass is 292 g/mol. The van der Waals surface area contributed by atoms with Crippen molar-refractivity contribution in [2.45, 2.75) is 24.7 Å². The molecule has 3 unspecified atom stereocenters. The number of nitrogens with two attached hydrogens (primary N) is 1. The maximum Gasteiger partial charge on any atom is 0.238 e. The van der Waals surface area contributed by atoms with E-state index in [1.54, 1.807) is 18.2 Å². The molecular weight excluding hydrogens is 272 g/mol. The quantitative estimate of drug-likeness (QED) is 0.836. The van der Waals surface area contributed by atoms with E-state index in [0.29, 0.717) is 11.8 Å². The Morgan fingerprint density at radius 3 is 2.70 bits per heavy atom. The first-order valence-electron chi connectivity index (χ1n) is 6.99. The van der Waals surface area contributed by atoms with Gasteiger partial charge in [0.1, 0.15) is 0 Å². The van der Waals surface area contributed by atoms with Gasteiger partial charge < -0.3 is 5.32 Å². The number of rotatable bonds is 4. The highest BCUT2D eigenvalue weighted by atomic mass is 32.2. The van der Waals surface area contributed by atoms with E-state index in [0.717, 1.165) is 23.7 Å². The Labute approximate surface area is 120 Å². The minimum Gasteiger partial charge on any atom is -0.384 e. The zero-order valence-corrected chi connectivity index (χ0v) is 12.4. The molecule has 0 aromatic heterocycles. The minimum atomic E-state index is -3.64. The third-order valence-corrected chi connectivity index (χ3v) is 5.42. The van der Waals surface area contributed by atoms with Gasteiger partial charge in [0.15, 0.2) is 0 Å². The highest BCUT2D eigenvalue weighted by molar-refractivity contribution is 7.89. The third-order valence-electron chi connectivity index (χ3n) is 4.51. The lowest BCUT2D eigenvalue weighted by molar-refractivity contribution is 0.472. The number of fused-ring (bicyclic) bond motifs is 2. The van der Waals surface area contributed by atoms with Gasteiger partial charge in [-0.15, -0.1) is 0 Å². The van der Waals surface area contributed by atoms with Crippen LogP contribution in [0.5, 0.6) is 0 Å². The molecule has 2 bridgehead atoms. The predicted molar refractivity (Wildman–Crippen MR) is 79.9 cm³/mol. The van der Waals surface area contributed by atoms with Crippen molar-refractivity contribution in [2.24, 2.45) is 22.9 Å². The topological polar surface area (TPSA) is 72.2 Å². The molecular formula is C15H20N2O2S. The lowest BCUT2D eigenvalue weighted by Crippen LogP contribution is -2.19. The summed E-state index contributed by atoms with van der Waals surface area (Å²) in [5.74, 6) is 2.10. The van der Waals surface area contributed by atoms with Crippen LogP contribution >= 0.6 is 0 Å². The first-order valence-corrected chi connectivity index (χ1v) is 8.54. The molecule has 0 amide bonds. The summed E-state index contributed by atoms with van der Waals surface area (Å²) in [6, 6.07) is 4.98. The minimum absolute atomic E-state index is 0.165. The lowest BCUT2D eigenvalue weighted by atomic mass is 9.93. The van der Waals surface area contributed by atoms with Gasteiger partial charge in [-0.25, -0.2) is 13.6 Å². The number of sulfonamides is 1. The molecule has 1 aromatic rings. The Balaban J connectivity index is 1.72. The molecule has 0 saturated heterocycles. The fourth-order valence-electron chi connectivity index (χ4n) is 3.34. The molecule has 0 spiro atoms. The zero-order valence-electron chi connectivity index (χ0n) is 11.5. The average Bonchev–Trinajstić information content (AvgIpc) is 2.98. The van der Waals surface area contributed by atoms with Gasteiger partial charge in [-0.1, -0.05) is 18.2 Å². The van der Waals surface area contributed by atoms with E-state index in [4.69, 9.17) is 5.14 Å². The molecule has 3 N–H and O–H groups in total. The van der Waals surface area contributed by atoms with Crippen LogP contribution in [0.1, 0.15) is 18.4 Å². The molecule has 20 heavy (non-hydrogen) atoms. The summed E-state index contributed by atoms with van der Waals surface area (Å²) in [7, 11) is -3.64. The van der Waals surface area contributed by atoms with Crippen molar-refractivity contribution in [3.8, 4) is 0 Å². The molecule has 4 nitrogen and oxygen atoms in total. The van der Waals surface area contributed by atoms with E-state index in [2.05, 4.69) is 17.5 Å². The second-order valence-corrected chi connectivity index (χ2v) is 7.50. The van der Waals surface area contributed by atoms with Crippen molar-refractivity contribution < 1.29 is 8.42 Å². The Morgan fingerprint density at radius 1 is 1.30 bits per heavy atom. The summed E-state index contributed by atoms with van der Waals surface area (Å²) in [5.41, 5.74) is 1.90. The number of hydrogen-bond acceptors (Lipinski definition) is 3. The van der Waals surface area contributed by atoms with E-state index in [1.807, 2.05) is 6.92 Å². The van der Waals surface area contributed by atoms with Crippen LogP contribution in [-0.4, -0.2) is 15.0 Å². The van der Waals surface area contributed by atoms with Crippen LogP contribution in [0.3, 0.4) is 0 Å². The first-order chi connectivity index (χ1) is 9.43. The summed E-state index contributed by atoms with van der Waals surface area (Å²) >= 11 is 0. The Hall–Kier alpha value is -1.33. The lowest BCUT2D eigenvalue weighted by Gasteiger charge is -2.20. The fraction of sp³-hybridized carbons (Fsp3) is 0.467. The van der Waals surface area contributed by atoms with E-state index in [1.165, 1.54) is 12.8 Å². The molecule has 1 saturated carbocycles. The van der Waals surface area contributed by atoms with Gasteiger partial charge in [-0.2, -0.15) is 0 Å². The van der Waals surface area contributed by atoms with Crippen LogP contribution in [0.4, 0.5) is 5.69 Å². The third kappa shape index (κ3) is 2.60. The number of aryl methyl sites for hydroxylation is 1. The smallest absolute Gasteiger partial charge is 0.238 e. The van der Waals surface area contributed by atoms with Gasteiger partial charge in [0.05, 0.1) is 4.90 Å². The number of primary sulfonamides is 1. The molecule has 1 aromatic carbocycles. The van der Waals surface area contributed by atoms with E-state index in [-0.39, 0.29) is 4.90 Å². The molecule has 0 aliphatic heterocycles. The number of nitrogens with one attached hydrogen (secondary N) is 1. The summed E-state index contributed by atoms with van der Waals surface area (Å²) in [6.45, 7) is 2.86. The predicted octanol–water partition coefficient (Wildman–Crippen LogP) is 2.27. The first kappa shape index (κ1) is 13.6. The van der Waals surface area contributed by atoms with Crippen molar-refractivity contribution in [3.05, 3.63) is 35.9 Å². The number of benzene rings is 1. The van der Waals surface area contributed by atoms with E-state index >= 15 is 0 Å². The molecule has 108 valence electrons. The van der Waals surface area contributed by atoms with E-state index < -0.39 is 10.0 Å². The van der Waals surface area contributed by atoms with Crippen LogP contribution in [0, 0.1) is 24.7 Å². The largest absolute Gasteiger partial charge is 0.384 e. The summed E-state index contributed by atoms with van der Waals surface area (Å²) in [4.78, 5) is 0.165. The molecule has 3 rings (SSSR count). The molecule has 0 radical (unpaired) electrons. The molecule has 2 aliphatic rings. The van der Waals surface area contributed by atoms with Gasteiger partial charge >= 0.3 is 0 Å². The van der Waals surface area contributed by atoms with E-state index in [9.17, 15) is 8.42 Å².